The number of nitrogens with one attached hydrogen (secondary N) is 3. The van der Waals surface area contributed by atoms with E-state index in [2.05, 4.69) is 27.1 Å². The number of carbonyl (C=O) groups is 1. The van der Waals surface area contributed by atoms with Crippen molar-refractivity contribution < 1.29 is 17.9 Å². The topological polar surface area (TPSA) is 127 Å². The lowest BCUT2D eigenvalue weighted by atomic mass is 9.84. The number of hydrazine groups is 1. The Balaban J connectivity index is 1.37. The van der Waals surface area contributed by atoms with Crippen molar-refractivity contribution in [3.63, 3.8) is 0 Å². The summed E-state index contributed by atoms with van der Waals surface area (Å²) in [6.45, 7) is 6.18. The summed E-state index contributed by atoms with van der Waals surface area (Å²) >= 11 is 0. The number of rotatable bonds is 6. The van der Waals surface area contributed by atoms with Gasteiger partial charge in [-0.05, 0) is 70.2 Å². The van der Waals surface area contributed by atoms with Gasteiger partial charge in [-0.3, -0.25) is 4.79 Å². The van der Waals surface area contributed by atoms with Crippen LogP contribution in [-0.4, -0.2) is 73.2 Å². The lowest BCUT2D eigenvalue weighted by Crippen LogP contribution is -2.61. The van der Waals surface area contributed by atoms with Crippen molar-refractivity contribution in [2.45, 2.75) is 80.6 Å². The molecule has 4 aliphatic heterocycles. The van der Waals surface area contributed by atoms with Gasteiger partial charge >= 0.3 is 0 Å². The second kappa shape index (κ2) is 9.58. The van der Waals surface area contributed by atoms with Crippen molar-refractivity contribution in [3.05, 3.63) is 24.3 Å². The number of piperidine rings is 1. The molecule has 1 aromatic carbocycles. The monoisotopic (exact) mass is 516 g/mol. The van der Waals surface area contributed by atoms with Crippen LogP contribution in [0.25, 0.3) is 0 Å². The molecule has 4 aliphatic rings. The number of hydrogen-bond donors (Lipinski definition) is 3. The highest BCUT2D eigenvalue weighted by atomic mass is 32.2. The van der Waals surface area contributed by atoms with Crippen LogP contribution in [-0.2, 0) is 19.6 Å². The van der Waals surface area contributed by atoms with Crippen LogP contribution in [0.4, 0.5) is 5.69 Å². The summed E-state index contributed by atoms with van der Waals surface area (Å²) in [5, 5.41) is 18.1. The number of sulfonamides is 1. The highest BCUT2D eigenvalue weighted by Crippen LogP contribution is 2.39. The van der Waals surface area contributed by atoms with Crippen molar-refractivity contribution in [3.8, 4) is 6.07 Å². The quantitative estimate of drug-likeness (QED) is 0.522. The van der Waals surface area contributed by atoms with E-state index in [1.807, 2.05) is 13.8 Å². The fourth-order valence-corrected chi connectivity index (χ4v) is 8.22. The molecule has 4 fully saturated rings. The lowest BCUT2D eigenvalue weighted by molar-refractivity contribution is -0.130. The maximum Gasteiger partial charge on any atom is 0.243 e. The Morgan fingerprint density at radius 1 is 1.22 bits per heavy atom. The Labute approximate surface area is 213 Å². The van der Waals surface area contributed by atoms with Gasteiger partial charge in [0, 0.05) is 37.0 Å². The number of benzene rings is 1. The van der Waals surface area contributed by atoms with E-state index in [9.17, 15) is 18.5 Å². The molecule has 3 unspecified atom stereocenters. The number of nitriles is 1. The average Bonchev–Trinajstić information content (AvgIpc) is 3.41. The van der Waals surface area contributed by atoms with Gasteiger partial charge in [-0.25, -0.2) is 18.9 Å². The number of nitrogens with zero attached hydrogens (tertiary/aromatic N) is 3. The van der Waals surface area contributed by atoms with Crippen molar-refractivity contribution in [1.82, 2.24) is 20.1 Å². The Bertz CT molecular complexity index is 1130. The standard InChI is InChI=1S/C25H36N6O4S/c1-24(2)10-3-15-30(24)36(33,34)19-7-5-18(6-8-19)28-22-21-20(9-14-27-23(21)32)31(29-22)25(12-13-26)11-4-16-35-17-25/h5-8,20-22,28-29H,3-4,9-12,14-17H2,1-2H3,(H,27,32)/t20?,21?,22?,25-/m0/s1. The maximum atomic E-state index is 13.2. The van der Waals surface area contributed by atoms with Crippen LogP contribution in [0, 0.1) is 17.2 Å². The molecule has 3 N–H and O–H groups in total. The van der Waals surface area contributed by atoms with Gasteiger partial charge in [0.05, 0.1) is 35.4 Å². The largest absolute Gasteiger partial charge is 0.379 e. The van der Waals surface area contributed by atoms with Crippen molar-refractivity contribution in [2.24, 2.45) is 5.92 Å². The molecule has 0 saturated carbocycles. The molecule has 36 heavy (non-hydrogen) atoms. The molecule has 0 aliphatic carbocycles. The molecule has 4 atom stereocenters. The molecule has 0 spiro atoms. The molecule has 5 rings (SSSR count). The average molecular weight is 517 g/mol. The summed E-state index contributed by atoms with van der Waals surface area (Å²) < 4.78 is 33.9. The third kappa shape index (κ3) is 4.39. The van der Waals surface area contributed by atoms with Gasteiger partial charge in [-0.15, -0.1) is 0 Å². The first-order valence-electron chi connectivity index (χ1n) is 12.9. The van der Waals surface area contributed by atoms with Crippen LogP contribution in [0.2, 0.25) is 0 Å². The Hall–Kier alpha value is -2.23. The van der Waals surface area contributed by atoms with Gasteiger partial charge in [0.15, 0.2) is 0 Å². The molecular formula is C25H36N6O4S. The molecule has 4 saturated heterocycles. The summed E-state index contributed by atoms with van der Waals surface area (Å²) in [5.74, 6) is -0.386. The fraction of sp³-hybridized carbons (Fsp3) is 0.680. The predicted molar refractivity (Wildman–Crippen MR) is 134 cm³/mol. The number of ether oxygens (including phenoxy) is 1. The summed E-state index contributed by atoms with van der Waals surface area (Å²) in [7, 11) is -3.58. The van der Waals surface area contributed by atoms with Crippen LogP contribution >= 0.6 is 0 Å². The number of hydrogen-bond acceptors (Lipinski definition) is 8. The molecule has 0 radical (unpaired) electrons. The van der Waals surface area contributed by atoms with Gasteiger partial charge in [0.1, 0.15) is 6.17 Å². The number of amides is 1. The van der Waals surface area contributed by atoms with Crippen molar-refractivity contribution >= 4 is 21.6 Å². The van der Waals surface area contributed by atoms with Gasteiger partial charge in [0.2, 0.25) is 15.9 Å². The lowest BCUT2D eigenvalue weighted by Gasteiger charge is -2.46. The zero-order valence-electron chi connectivity index (χ0n) is 21.0. The maximum absolute atomic E-state index is 13.2. The summed E-state index contributed by atoms with van der Waals surface area (Å²) in [5.41, 5.74) is 3.36. The Morgan fingerprint density at radius 2 is 2.00 bits per heavy atom. The van der Waals surface area contributed by atoms with Gasteiger partial charge in [-0.2, -0.15) is 9.57 Å². The van der Waals surface area contributed by atoms with Crippen LogP contribution < -0.4 is 16.1 Å². The first kappa shape index (κ1) is 25.4. The van der Waals surface area contributed by atoms with Gasteiger partial charge < -0.3 is 15.4 Å². The molecule has 4 heterocycles. The molecule has 10 nitrogen and oxygen atoms in total. The minimum atomic E-state index is -3.58. The highest BCUT2D eigenvalue weighted by Gasteiger charge is 2.54. The minimum absolute atomic E-state index is 0.0296. The third-order valence-corrected chi connectivity index (χ3v) is 10.4. The van der Waals surface area contributed by atoms with Crippen LogP contribution in [0.3, 0.4) is 0 Å². The molecule has 1 amide bonds. The minimum Gasteiger partial charge on any atom is -0.379 e. The van der Waals surface area contributed by atoms with E-state index < -0.39 is 27.3 Å². The summed E-state index contributed by atoms with van der Waals surface area (Å²) in [4.78, 5) is 13.2. The van der Waals surface area contributed by atoms with E-state index in [0.29, 0.717) is 32.7 Å². The van der Waals surface area contributed by atoms with E-state index in [1.54, 1.807) is 28.6 Å². The molecule has 0 bridgehead atoms. The smallest absolute Gasteiger partial charge is 0.243 e. The fourth-order valence-electron chi connectivity index (χ4n) is 6.37. The second-order valence-corrected chi connectivity index (χ2v) is 12.9. The zero-order chi connectivity index (χ0) is 25.6. The predicted octanol–water partition coefficient (Wildman–Crippen LogP) is 1.78. The van der Waals surface area contributed by atoms with Crippen LogP contribution in [0.15, 0.2) is 29.2 Å². The van der Waals surface area contributed by atoms with Crippen LogP contribution in [0.1, 0.15) is 52.4 Å². The summed E-state index contributed by atoms with van der Waals surface area (Å²) in [6, 6.07) is 9.03. The van der Waals surface area contributed by atoms with E-state index in [1.165, 1.54) is 0 Å². The molecule has 196 valence electrons. The molecule has 1 aromatic rings. The van der Waals surface area contributed by atoms with Gasteiger partial charge in [-0.1, -0.05) is 0 Å². The summed E-state index contributed by atoms with van der Waals surface area (Å²) in [6.07, 6.45) is 4.09. The second-order valence-electron chi connectivity index (χ2n) is 11.0. The first-order valence-corrected chi connectivity index (χ1v) is 14.3. The molecule has 0 aromatic heterocycles. The number of anilines is 1. The van der Waals surface area contributed by atoms with E-state index in [0.717, 1.165) is 37.8 Å². The normalized spacial score (nSPS) is 33.0. The van der Waals surface area contributed by atoms with Gasteiger partial charge in [0.25, 0.3) is 0 Å². The van der Waals surface area contributed by atoms with Crippen LogP contribution in [0.5, 0.6) is 0 Å². The number of fused-ring (bicyclic) bond motifs is 1. The first-order chi connectivity index (χ1) is 17.2. The Kier molecular flexibility index (Phi) is 6.76. The molecular weight excluding hydrogens is 480 g/mol. The Morgan fingerprint density at radius 3 is 2.64 bits per heavy atom. The van der Waals surface area contributed by atoms with E-state index >= 15 is 0 Å². The third-order valence-electron chi connectivity index (χ3n) is 8.24. The highest BCUT2D eigenvalue weighted by molar-refractivity contribution is 7.89. The number of carbonyl (C=O) groups excluding carboxylic acids is 1. The zero-order valence-corrected chi connectivity index (χ0v) is 21.8. The van der Waals surface area contributed by atoms with E-state index in [4.69, 9.17) is 4.74 Å². The van der Waals surface area contributed by atoms with Crippen molar-refractivity contribution in [1.29, 1.82) is 5.26 Å². The SMILES string of the molecule is CC1(C)CCCN1S(=O)(=O)c1ccc(NC2NN([C@]3(CC#N)CCCOC3)C3CCNC(=O)C23)cc1. The molecule has 11 heteroatoms. The van der Waals surface area contributed by atoms with Crippen molar-refractivity contribution in [2.75, 3.05) is 31.6 Å². The van der Waals surface area contributed by atoms with E-state index in [-0.39, 0.29) is 22.8 Å².